The van der Waals surface area contributed by atoms with Gasteiger partial charge in [0.2, 0.25) is 0 Å². The first-order valence-corrected chi connectivity index (χ1v) is 22.0. The van der Waals surface area contributed by atoms with Gasteiger partial charge in [0.25, 0.3) is 0 Å². The number of carbonyl (C=O) groups is 1. The Morgan fingerprint density at radius 3 is 1.63 bits per heavy atom. The predicted octanol–water partition coefficient (Wildman–Crippen LogP) is 12.3. The summed E-state index contributed by atoms with van der Waals surface area (Å²) in [6.45, 7) is 4.07. The fraction of sp³-hybridized carbons (Fsp3) is 0.698. The van der Waals surface area contributed by atoms with Gasteiger partial charge in [-0.15, -0.1) is 0 Å². The molecule has 300 valence electrons. The summed E-state index contributed by atoms with van der Waals surface area (Å²) in [6, 6.07) is 0. The van der Waals surface area contributed by atoms with Crippen LogP contribution < -0.4 is 5.73 Å². The van der Waals surface area contributed by atoms with Crippen LogP contribution >= 0.6 is 7.82 Å². The third-order valence-electron chi connectivity index (χ3n) is 8.20. The molecule has 0 saturated heterocycles. The van der Waals surface area contributed by atoms with E-state index in [0.717, 1.165) is 64.2 Å². The lowest BCUT2D eigenvalue weighted by molar-refractivity contribution is -0.153. The molecule has 0 aromatic rings. The molecule has 9 heteroatoms. The molecule has 0 aliphatic heterocycles. The van der Waals surface area contributed by atoms with Crippen molar-refractivity contribution in [1.29, 1.82) is 0 Å². The number of allylic oxidation sites excluding steroid dienone is 11. The Morgan fingerprint density at radius 1 is 0.615 bits per heavy atom. The molecule has 2 atom stereocenters. The molecule has 0 aromatic heterocycles. The number of phosphoric ester groups is 1. The van der Waals surface area contributed by atoms with E-state index in [1.54, 1.807) is 6.26 Å². The number of unbranched alkanes of at least 4 members (excludes halogenated alkanes) is 15. The van der Waals surface area contributed by atoms with Crippen LogP contribution in [0.1, 0.15) is 162 Å². The topological polar surface area (TPSA) is 117 Å². The van der Waals surface area contributed by atoms with Crippen LogP contribution in [0.15, 0.2) is 73.1 Å². The number of hydrogen-bond acceptors (Lipinski definition) is 7. The maximum Gasteiger partial charge on any atom is 0.472 e. The number of phosphoric acid groups is 1. The Balaban J connectivity index is 4.20. The number of hydrogen-bond donors (Lipinski definition) is 2. The summed E-state index contributed by atoms with van der Waals surface area (Å²) in [5.41, 5.74) is 5.35. The molecule has 0 spiro atoms. The van der Waals surface area contributed by atoms with Crippen LogP contribution in [0.3, 0.4) is 0 Å². The van der Waals surface area contributed by atoms with E-state index in [-0.39, 0.29) is 38.8 Å². The van der Waals surface area contributed by atoms with Crippen molar-refractivity contribution in [2.24, 2.45) is 5.73 Å². The second kappa shape index (κ2) is 40.0. The summed E-state index contributed by atoms with van der Waals surface area (Å²) in [5, 5.41) is 0. The number of nitrogens with two attached hydrogens (primary N) is 1. The smallest absolute Gasteiger partial charge is 0.472 e. The Kier molecular flexibility index (Phi) is 38.3. The van der Waals surface area contributed by atoms with Gasteiger partial charge >= 0.3 is 13.8 Å². The average Bonchev–Trinajstić information content (AvgIpc) is 3.13. The highest BCUT2D eigenvalue weighted by Crippen LogP contribution is 2.43. The van der Waals surface area contributed by atoms with Crippen LogP contribution in [0, 0.1) is 0 Å². The molecule has 1 unspecified atom stereocenters. The summed E-state index contributed by atoms with van der Waals surface area (Å²) < 4.78 is 33.1. The summed E-state index contributed by atoms with van der Waals surface area (Å²) in [4.78, 5) is 22.4. The van der Waals surface area contributed by atoms with Crippen molar-refractivity contribution in [2.45, 2.75) is 168 Å². The van der Waals surface area contributed by atoms with Crippen molar-refractivity contribution in [3.05, 3.63) is 73.1 Å². The van der Waals surface area contributed by atoms with E-state index in [0.29, 0.717) is 6.42 Å². The Bertz CT molecular complexity index is 1020. The second-order valence-corrected chi connectivity index (χ2v) is 14.6. The van der Waals surface area contributed by atoms with E-state index < -0.39 is 13.9 Å². The molecule has 0 saturated carbocycles. The Morgan fingerprint density at radius 2 is 1.10 bits per heavy atom. The largest absolute Gasteiger partial charge is 0.498 e. The molecule has 3 N–H and O–H groups in total. The summed E-state index contributed by atoms with van der Waals surface area (Å²) in [7, 11) is -4.30. The first-order valence-electron chi connectivity index (χ1n) is 20.5. The highest BCUT2D eigenvalue weighted by Gasteiger charge is 2.25. The number of rotatable bonds is 38. The van der Waals surface area contributed by atoms with Crippen molar-refractivity contribution in [3.8, 4) is 0 Å². The molecule has 0 fully saturated rings. The first-order chi connectivity index (χ1) is 25.4. The van der Waals surface area contributed by atoms with Crippen LogP contribution in [0.4, 0.5) is 0 Å². The van der Waals surface area contributed by atoms with Crippen LogP contribution in [0.25, 0.3) is 0 Å². The fourth-order valence-electron chi connectivity index (χ4n) is 5.22. The molecule has 0 radical (unpaired) electrons. The fourth-order valence-corrected chi connectivity index (χ4v) is 5.99. The molecule has 0 rings (SSSR count). The summed E-state index contributed by atoms with van der Waals surface area (Å²) in [6.07, 6.45) is 50.1. The van der Waals surface area contributed by atoms with E-state index >= 15 is 0 Å². The predicted molar refractivity (Wildman–Crippen MR) is 219 cm³/mol. The van der Waals surface area contributed by atoms with E-state index in [1.807, 2.05) is 6.08 Å². The van der Waals surface area contributed by atoms with Crippen LogP contribution in [-0.4, -0.2) is 43.3 Å². The summed E-state index contributed by atoms with van der Waals surface area (Å²) in [5.74, 6) is -0.386. The maximum absolute atomic E-state index is 12.5. The molecule has 0 amide bonds. The normalized spacial score (nSPS) is 14.2. The zero-order chi connectivity index (χ0) is 38.1. The number of carbonyl (C=O) groups excluding carboxylic acids is 1. The van der Waals surface area contributed by atoms with E-state index in [9.17, 15) is 14.3 Å². The molecule has 0 heterocycles. The quantitative estimate of drug-likeness (QED) is 0.0211. The minimum Gasteiger partial charge on any atom is -0.498 e. The third-order valence-corrected chi connectivity index (χ3v) is 9.19. The molecular weight excluding hydrogens is 673 g/mol. The zero-order valence-electron chi connectivity index (χ0n) is 33.0. The van der Waals surface area contributed by atoms with Crippen molar-refractivity contribution >= 4 is 13.8 Å². The highest BCUT2D eigenvalue weighted by atomic mass is 31.2. The van der Waals surface area contributed by atoms with E-state index in [1.165, 1.54) is 70.6 Å². The second-order valence-electron chi connectivity index (χ2n) is 13.2. The third kappa shape index (κ3) is 39.0. The van der Waals surface area contributed by atoms with Gasteiger partial charge in [-0.2, -0.15) is 0 Å². The lowest BCUT2D eigenvalue weighted by Crippen LogP contribution is -2.27. The molecule has 0 bridgehead atoms. The van der Waals surface area contributed by atoms with Gasteiger partial charge in [0, 0.05) is 13.0 Å². The zero-order valence-corrected chi connectivity index (χ0v) is 33.9. The lowest BCUT2D eigenvalue weighted by atomic mass is 10.0. The molecule has 8 nitrogen and oxygen atoms in total. The Hall–Kier alpha value is -2.22. The molecular formula is C43H76NO7P. The molecule has 0 aliphatic carbocycles. The van der Waals surface area contributed by atoms with Crippen LogP contribution in [0.2, 0.25) is 0 Å². The highest BCUT2D eigenvalue weighted by molar-refractivity contribution is 7.47. The SMILES string of the molecule is CCC=CCC=CCC=CCC=CCC=CCCCCCC(=O)O[C@H](COC=CCCCCCCCCCCCCCC)COP(=O)(O)OCCN. The minimum absolute atomic E-state index is 0.0155. The monoisotopic (exact) mass is 750 g/mol. The van der Waals surface area contributed by atoms with Gasteiger partial charge in [-0.05, 0) is 70.3 Å². The van der Waals surface area contributed by atoms with Gasteiger partial charge in [0.1, 0.15) is 6.61 Å². The van der Waals surface area contributed by atoms with Crippen molar-refractivity contribution in [3.63, 3.8) is 0 Å². The minimum atomic E-state index is -4.30. The number of ether oxygens (including phenoxy) is 2. The van der Waals surface area contributed by atoms with Gasteiger partial charge < -0.3 is 20.1 Å². The van der Waals surface area contributed by atoms with E-state index in [2.05, 4.69) is 74.6 Å². The maximum atomic E-state index is 12.5. The van der Waals surface area contributed by atoms with Crippen molar-refractivity contribution in [1.82, 2.24) is 0 Å². The molecule has 0 aliphatic rings. The average molecular weight is 750 g/mol. The van der Waals surface area contributed by atoms with Crippen LogP contribution in [-0.2, 0) is 27.9 Å². The van der Waals surface area contributed by atoms with Gasteiger partial charge in [-0.25, -0.2) is 4.57 Å². The van der Waals surface area contributed by atoms with Crippen molar-refractivity contribution in [2.75, 3.05) is 26.4 Å². The van der Waals surface area contributed by atoms with Gasteiger partial charge in [0.05, 0.1) is 19.5 Å². The lowest BCUT2D eigenvalue weighted by Gasteiger charge is -2.19. The Labute approximate surface area is 318 Å². The summed E-state index contributed by atoms with van der Waals surface area (Å²) >= 11 is 0. The van der Waals surface area contributed by atoms with Crippen molar-refractivity contribution < 1.29 is 32.8 Å². The standard InChI is InChI=1S/C43H76NO7P/c1-3-5-7-9-11-13-15-17-19-20-21-22-23-24-26-28-30-32-34-36-43(45)51-42(41-50-52(46,47)49-39-37-44)40-48-38-35-33-31-29-27-25-18-16-14-12-10-8-6-4-2/h5,7,11,13,17,19,21-22,24,26,35,38,42H,3-4,6,8-10,12,14-16,18,20,23,25,27-34,36-37,39-41,44H2,1-2H3,(H,46,47)/t42-/m1/s1. The first kappa shape index (κ1) is 49.8. The van der Waals surface area contributed by atoms with E-state index in [4.69, 9.17) is 24.3 Å². The number of esters is 1. The molecule has 0 aromatic carbocycles. The van der Waals surface area contributed by atoms with Gasteiger partial charge in [-0.1, -0.05) is 152 Å². The van der Waals surface area contributed by atoms with Gasteiger partial charge in [-0.3, -0.25) is 13.8 Å². The van der Waals surface area contributed by atoms with Crippen LogP contribution in [0.5, 0.6) is 0 Å². The molecule has 52 heavy (non-hydrogen) atoms. The van der Waals surface area contributed by atoms with Gasteiger partial charge in [0.15, 0.2) is 6.10 Å².